The van der Waals surface area contributed by atoms with Crippen LogP contribution in [0.1, 0.15) is 12.0 Å². The molecule has 0 saturated heterocycles. The molecule has 1 N–H and O–H groups in total. The minimum Gasteiger partial charge on any atom is -0.497 e. The van der Waals surface area contributed by atoms with Crippen molar-refractivity contribution in [2.24, 2.45) is 0 Å². The number of fused-ring (bicyclic) bond motifs is 1. The summed E-state index contributed by atoms with van der Waals surface area (Å²) in [6.45, 7) is 0.353. The first-order valence-electron chi connectivity index (χ1n) is 9.79. The molecule has 0 aromatic heterocycles. The van der Waals surface area contributed by atoms with Crippen molar-refractivity contribution in [3.8, 4) is 5.75 Å². The number of halogens is 1. The molecule has 1 aliphatic rings. The maximum absolute atomic E-state index is 13.2. The SMILES string of the molecule is COc1ccc(S(=O)(=O)N2CCCc3cc(NS(=O)(=O)c4ccc(Br)cc4)ccc32)cc1. The number of anilines is 2. The summed E-state index contributed by atoms with van der Waals surface area (Å²) in [5.41, 5.74) is 1.71. The Balaban J connectivity index is 1.63. The van der Waals surface area contributed by atoms with Gasteiger partial charge in [-0.05, 0) is 85.1 Å². The highest BCUT2D eigenvalue weighted by Gasteiger charge is 2.29. The third kappa shape index (κ3) is 4.48. The molecule has 0 bridgehead atoms. The van der Waals surface area contributed by atoms with Gasteiger partial charge in [0, 0.05) is 16.7 Å². The maximum Gasteiger partial charge on any atom is 0.264 e. The molecule has 0 aliphatic carbocycles. The van der Waals surface area contributed by atoms with Crippen molar-refractivity contribution in [2.75, 3.05) is 22.7 Å². The first-order valence-corrected chi connectivity index (χ1v) is 13.5. The Morgan fingerprint density at radius 2 is 1.56 bits per heavy atom. The summed E-state index contributed by atoms with van der Waals surface area (Å²) < 4.78 is 61.7. The van der Waals surface area contributed by atoms with Gasteiger partial charge in [-0.25, -0.2) is 16.8 Å². The molecule has 32 heavy (non-hydrogen) atoms. The minimum absolute atomic E-state index is 0.141. The number of rotatable bonds is 6. The van der Waals surface area contributed by atoms with Gasteiger partial charge in [0.05, 0.1) is 22.6 Å². The Morgan fingerprint density at radius 3 is 2.22 bits per heavy atom. The molecule has 10 heteroatoms. The summed E-state index contributed by atoms with van der Waals surface area (Å²) in [5, 5.41) is 0. The normalized spacial score (nSPS) is 14.0. The predicted octanol–water partition coefficient (Wildman–Crippen LogP) is 4.40. The number of ether oxygens (including phenoxy) is 1. The second-order valence-corrected chi connectivity index (χ2v) is 11.7. The topological polar surface area (TPSA) is 92.8 Å². The Morgan fingerprint density at radius 1 is 0.906 bits per heavy atom. The van der Waals surface area contributed by atoms with Gasteiger partial charge in [-0.15, -0.1) is 0 Å². The van der Waals surface area contributed by atoms with E-state index in [0.717, 1.165) is 10.0 Å². The van der Waals surface area contributed by atoms with Gasteiger partial charge in [0.2, 0.25) is 0 Å². The van der Waals surface area contributed by atoms with E-state index in [-0.39, 0.29) is 9.79 Å². The van der Waals surface area contributed by atoms with Crippen LogP contribution in [0.2, 0.25) is 0 Å². The van der Waals surface area contributed by atoms with Crippen LogP contribution in [0.3, 0.4) is 0 Å². The molecule has 1 heterocycles. The van der Waals surface area contributed by atoms with Gasteiger partial charge in [0.1, 0.15) is 5.75 Å². The zero-order valence-corrected chi connectivity index (χ0v) is 20.4. The number of aryl methyl sites for hydroxylation is 1. The molecule has 3 aromatic carbocycles. The van der Waals surface area contributed by atoms with E-state index in [9.17, 15) is 16.8 Å². The second-order valence-electron chi connectivity index (χ2n) is 7.26. The fourth-order valence-corrected chi connectivity index (χ4v) is 6.43. The zero-order valence-electron chi connectivity index (χ0n) is 17.2. The van der Waals surface area contributed by atoms with Gasteiger partial charge in [0.15, 0.2) is 0 Å². The molecular weight excluding hydrogens is 516 g/mol. The van der Waals surface area contributed by atoms with E-state index < -0.39 is 20.0 Å². The lowest BCUT2D eigenvalue weighted by Gasteiger charge is -2.31. The van der Waals surface area contributed by atoms with Gasteiger partial charge in [-0.3, -0.25) is 9.03 Å². The van der Waals surface area contributed by atoms with Gasteiger partial charge in [-0.1, -0.05) is 15.9 Å². The molecule has 0 spiro atoms. The van der Waals surface area contributed by atoms with E-state index >= 15 is 0 Å². The standard InChI is InChI=1S/C22H21BrN2O5S2/c1-30-19-7-11-21(12-8-19)32(28,29)25-14-2-3-16-15-18(6-13-22(16)25)24-31(26,27)20-9-4-17(23)5-10-20/h4-13,15,24H,2-3,14H2,1H3. The summed E-state index contributed by atoms with van der Waals surface area (Å²) in [6, 6.07) is 17.5. The highest BCUT2D eigenvalue weighted by molar-refractivity contribution is 9.10. The van der Waals surface area contributed by atoms with Crippen molar-refractivity contribution < 1.29 is 21.6 Å². The Hall–Kier alpha value is -2.56. The lowest BCUT2D eigenvalue weighted by atomic mass is 10.0. The zero-order chi connectivity index (χ0) is 22.9. The van der Waals surface area contributed by atoms with Crippen LogP contribution in [0.25, 0.3) is 0 Å². The van der Waals surface area contributed by atoms with Crippen molar-refractivity contribution in [1.82, 2.24) is 0 Å². The van der Waals surface area contributed by atoms with Crippen LogP contribution in [-0.4, -0.2) is 30.5 Å². The predicted molar refractivity (Wildman–Crippen MR) is 127 cm³/mol. The van der Waals surface area contributed by atoms with Crippen molar-refractivity contribution in [3.63, 3.8) is 0 Å². The quantitative estimate of drug-likeness (QED) is 0.503. The molecular formula is C22H21BrN2O5S2. The van der Waals surface area contributed by atoms with E-state index in [1.165, 1.54) is 35.7 Å². The summed E-state index contributed by atoms with van der Waals surface area (Å²) >= 11 is 3.29. The van der Waals surface area contributed by atoms with Crippen LogP contribution in [0, 0.1) is 0 Å². The number of hydrogen-bond acceptors (Lipinski definition) is 5. The Bertz CT molecular complexity index is 1340. The van der Waals surface area contributed by atoms with Crippen LogP contribution in [0.5, 0.6) is 5.75 Å². The first-order chi connectivity index (χ1) is 15.2. The third-order valence-corrected chi connectivity index (χ3v) is 8.93. The van der Waals surface area contributed by atoms with E-state index in [1.54, 1.807) is 42.5 Å². The number of benzene rings is 3. The van der Waals surface area contributed by atoms with Gasteiger partial charge in [-0.2, -0.15) is 0 Å². The monoisotopic (exact) mass is 536 g/mol. The summed E-state index contributed by atoms with van der Waals surface area (Å²) in [4.78, 5) is 0.313. The van der Waals surface area contributed by atoms with Crippen molar-refractivity contribution >= 4 is 47.4 Å². The van der Waals surface area contributed by atoms with Crippen LogP contribution < -0.4 is 13.8 Å². The number of nitrogens with one attached hydrogen (secondary N) is 1. The highest BCUT2D eigenvalue weighted by atomic mass is 79.9. The fraction of sp³-hybridized carbons (Fsp3) is 0.182. The number of methoxy groups -OCH3 is 1. The van der Waals surface area contributed by atoms with E-state index in [2.05, 4.69) is 20.7 Å². The molecule has 0 fully saturated rings. The van der Waals surface area contributed by atoms with Crippen LogP contribution in [0.15, 0.2) is 81.0 Å². The van der Waals surface area contributed by atoms with E-state index in [0.29, 0.717) is 36.5 Å². The molecule has 168 valence electrons. The van der Waals surface area contributed by atoms with Crippen LogP contribution in [-0.2, 0) is 26.5 Å². The molecule has 0 unspecified atom stereocenters. The lowest BCUT2D eigenvalue weighted by Crippen LogP contribution is -2.35. The van der Waals surface area contributed by atoms with Crippen LogP contribution in [0.4, 0.5) is 11.4 Å². The van der Waals surface area contributed by atoms with Crippen molar-refractivity contribution in [2.45, 2.75) is 22.6 Å². The van der Waals surface area contributed by atoms with Gasteiger partial charge < -0.3 is 4.74 Å². The fourth-order valence-electron chi connectivity index (χ4n) is 3.58. The summed E-state index contributed by atoms with van der Waals surface area (Å²) in [5.74, 6) is 0.575. The highest BCUT2D eigenvalue weighted by Crippen LogP contribution is 2.34. The van der Waals surface area contributed by atoms with Crippen molar-refractivity contribution in [3.05, 3.63) is 76.8 Å². The first kappa shape index (κ1) is 22.6. The Kier molecular flexibility index (Phi) is 6.19. The largest absolute Gasteiger partial charge is 0.497 e. The molecule has 1 aliphatic heterocycles. The number of nitrogens with zero attached hydrogens (tertiary/aromatic N) is 1. The van der Waals surface area contributed by atoms with Crippen LogP contribution >= 0.6 is 15.9 Å². The molecule has 0 saturated carbocycles. The molecule has 7 nitrogen and oxygen atoms in total. The third-order valence-electron chi connectivity index (χ3n) is 5.18. The van der Waals surface area contributed by atoms with Gasteiger partial charge >= 0.3 is 0 Å². The Labute approximate surface area is 196 Å². The molecule has 0 atom stereocenters. The average molecular weight is 537 g/mol. The minimum atomic E-state index is -3.76. The maximum atomic E-state index is 13.2. The molecule has 3 aromatic rings. The lowest BCUT2D eigenvalue weighted by molar-refractivity contribution is 0.414. The number of sulfonamides is 2. The van der Waals surface area contributed by atoms with Gasteiger partial charge in [0.25, 0.3) is 20.0 Å². The van der Waals surface area contributed by atoms with Crippen molar-refractivity contribution in [1.29, 1.82) is 0 Å². The summed E-state index contributed by atoms with van der Waals surface area (Å²) in [7, 11) is -6.00. The molecule has 0 radical (unpaired) electrons. The molecule has 0 amide bonds. The number of hydrogen-bond donors (Lipinski definition) is 1. The van der Waals surface area contributed by atoms with E-state index in [1.807, 2.05) is 0 Å². The average Bonchev–Trinajstić information content (AvgIpc) is 2.78. The second kappa shape index (κ2) is 8.76. The van der Waals surface area contributed by atoms with E-state index in [4.69, 9.17) is 4.74 Å². The summed E-state index contributed by atoms with van der Waals surface area (Å²) in [6.07, 6.45) is 1.28. The smallest absolute Gasteiger partial charge is 0.264 e. The molecule has 4 rings (SSSR count).